The van der Waals surface area contributed by atoms with E-state index in [0.717, 1.165) is 24.3 Å². The van der Waals surface area contributed by atoms with Crippen LogP contribution in [0, 0.1) is 0 Å². The summed E-state index contributed by atoms with van der Waals surface area (Å²) in [5, 5.41) is 6.85. The highest BCUT2D eigenvalue weighted by Crippen LogP contribution is 2.26. The molecule has 1 aromatic rings. The largest absolute Gasteiger partial charge is 0.467 e. The molecule has 0 radical (unpaired) electrons. The van der Waals surface area contributed by atoms with E-state index in [2.05, 4.69) is 20.5 Å². The Kier molecular flexibility index (Phi) is 4.80. The molecule has 116 valence electrons. The van der Waals surface area contributed by atoms with Crippen molar-refractivity contribution in [3.63, 3.8) is 0 Å². The minimum Gasteiger partial charge on any atom is -0.467 e. The first-order valence-corrected chi connectivity index (χ1v) is 8.09. The highest BCUT2D eigenvalue weighted by atomic mass is 16.3. The fraction of sp³-hybridized carbons (Fsp3) is 0.688. The van der Waals surface area contributed by atoms with Crippen LogP contribution in [0.4, 0.5) is 0 Å². The van der Waals surface area contributed by atoms with Gasteiger partial charge in [0.05, 0.1) is 12.8 Å². The normalized spacial score (nSPS) is 24.6. The van der Waals surface area contributed by atoms with E-state index in [0.29, 0.717) is 12.6 Å². The summed E-state index contributed by atoms with van der Waals surface area (Å²) < 4.78 is 5.33. The van der Waals surface area contributed by atoms with E-state index < -0.39 is 0 Å². The molecule has 21 heavy (non-hydrogen) atoms. The second kappa shape index (κ2) is 6.98. The number of aliphatic imine (C=N–C) groups is 1. The Morgan fingerprint density at radius 1 is 1.38 bits per heavy atom. The zero-order valence-electron chi connectivity index (χ0n) is 12.8. The van der Waals surface area contributed by atoms with Crippen LogP contribution in [0.3, 0.4) is 0 Å². The Labute approximate surface area is 126 Å². The lowest BCUT2D eigenvalue weighted by molar-refractivity contribution is 0.242. The van der Waals surface area contributed by atoms with E-state index in [1.54, 1.807) is 6.26 Å². The summed E-state index contributed by atoms with van der Waals surface area (Å²) >= 11 is 0. The lowest BCUT2D eigenvalue weighted by atomic mass is 10.2. The lowest BCUT2D eigenvalue weighted by Gasteiger charge is -2.24. The van der Waals surface area contributed by atoms with Gasteiger partial charge in [-0.05, 0) is 31.4 Å². The van der Waals surface area contributed by atoms with Crippen LogP contribution in [0.15, 0.2) is 27.8 Å². The first-order valence-electron chi connectivity index (χ1n) is 8.09. The molecule has 1 atom stereocenters. The van der Waals surface area contributed by atoms with Crippen LogP contribution in [-0.4, -0.2) is 43.1 Å². The second-order valence-corrected chi connectivity index (χ2v) is 6.07. The van der Waals surface area contributed by atoms with Crippen molar-refractivity contribution < 1.29 is 4.42 Å². The predicted molar refractivity (Wildman–Crippen MR) is 84.3 cm³/mol. The zero-order chi connectivity index (χ0) is 14.5. The van der Waals surface area contributed by atoms with E-state index in [1.807, 2.05) is 19.2 Å². The maximum Gasteiger partial charge on any atom is 0.191 e. The van der Waals surface area contributed by atoms with Crippen LogP contribution in [0.1, 0.15) is 37.9 Å². The third-order valence-corrected chi connectivity index (χ3v) is 4.64. The van der Waals surface area contributed by atoms with Gasteiger partial charge in [0.15, 0.2) is 5.96 Å². The van der Waals surface area contributed by atoms with Gasteiger partial charge in [0, 0.05) is 32.2 Å². The average molecular weight is 290 g/mol. The van der Waals surface area contributed by atoms with E-state index in [1.165, 1.54) is 38.6 Å². The summed E-state index contributed by atoms with van der Waals surface area (Å²) in [4.78, 5) is 6.96. The molecule has 0 spiro atoms. The standard InChI is InChI=1S/C16H26N4O/c1-17-16(18-11-15-7-4-10-21-15)19-13-8-9-20(12-13)14-5-2-3-6-14/h4,7,10,13-14H,2-3,5-6,8-9,11-12H2,1H3,(H2,17,18,19). The van der Waals surface area contributed by atoms with Crippen LogP contribution in [0.5, 0.6) is 0 Å². The van der Waals surface area contributed by atoms with Crippen molar-refractivity contribution in [2.24, 2.45) is 4.99 Å². The Bertz CT molecular complexity index is 451. The monoisotopic (exact) mass is 290 g/mol. The second-order valence-electron chi connectivity index (χ2n) is 6.07. The number of likely N-dealkylation sites (tertiary alicyclic amines) is 1. The van der Waals surface area contributed by atoms with E-state index in [-0.39, 0.29) is 0 Å². The number of hydrogen-bond donors (Lipinski definition) is 2. The Hall–Kier alpha value is -1.49. The van der Waals surface area contributed by atoms with Gasteiger partial charge < -0.3 is 15.1 Å². The van der Waals surface area contributed by atoms with Crippen molar-refractivity contribution in [2.75, 3.05) is 20.1 Å². The predicted octanol–water partition coefficient (Wildman–Crippen LogP) is 1.96. The first kappa shape index (κ1) is 14.4. The number of rotatable bonds is 4. The van der Waals surface area contributed by atoms with Crippen LogP contribution in [0.2, 0.25) is 0 Å². The molecule has 2 N–H and O–H groups in total. The molecule has 0 amide bonds. The van der Waals surface area contributed by atoms with Gasteiger partial charge in [0.1, 0.15) is 5.76 Å². The smallest absolute Gasteiger partial charge is 0.191 e. The molecular formula is C16H26N4O. The third-order valence-electron chi connectivity index (χ3n) is 4.64. The summed E-state index contributed by atoms with van der Waals surface area (Å²) in [5.41, 5.74) is 0. The SMILES string of the molecule is CN=C(NCc1ccco1)NC1CCN(C2CCCC2)C1. The Morgan fingerprint density at radius 3 is 2.95 bits per heavy atom. The molecule has 2 aliphatic rings. The van der Waals surface area contributed by atoms with E-state index >= 15 is 0 Å². The van der Waals surface area contributed by atoms with Crippen molar-refractivity contribution in [3.8, 4) is 0 Å². The number of furan rings is 1. The van der Waals surface area contributed by atoms with Crippen LogP contribution < -0.4 is 10.6 Å². The van der Waals surface area contributed by atoms with Gasteiger partial charge in [-0.25, -0.2) is 0 Å². The summed E-state index contributed by atoms with van der Waals surface area (Å²) in [6.45, 7) is 3.04. The highest BCUT2D eigenvalue weighted by molar-refractivity contribution is 5.79. The maximum atomic E-state index is 5.33. The van der Waals surface area contributed by atoms with Gasteiger partial charge in [-0.1, -0.05) is 12.8 Å². The van der Waals surface area contributed by atoms with E-state index in [4.69, 9.17) is 4.42 Å². The first-order chi connectivity index (χ1) is 10.3. The Morgan fingerprint density at radius 2 is 2.24 bits per heavy atom. The molecule has 1 aliphatic heterocycles. The van der Waals surface area contributed by atoms with Gasteiger partial charge >= 0.3 is 0 Å². The number of nitrogens with zero attached hydrogens (tertiary/aromatic N) is 2. The molecule has 0 aromatic carbocycles. The topological polar surface area (TPSA) is 52.8 Å². The third kappa shape index (κ3) is 3.79. The minimum atomic E-state index is 0.508. The highest BCUT2D eigenvalue weighted by Gasteiger charge is 2.30. The van der Waals surface area contributed by atoms with Gasteiger partial charge in [-0.2, -0.15) is 0 Å². The van der Waals surface area contributed by atoms with Gasteiger partial charge in [-0.3, -0.25) is 9.89 Å². The molecular weight excluding hydrogens is 264 g/mol. The fourth-order valence-electron chi connectivity index (χ4n) is 3.48. The lowest BCUT2D eigenvalue weighted by Crippen LogP contribution is -2.45. The summed E-state index contributed by atoms with van der Waals surface area (Å²) in [7, 11) is 1.82. The molecule has 3 rings (SSSR count). The number of hydrogen-bond acceptors (Lipinski definition) is 3. The van der Waals surface area contributed by atoms with Gasteiger partial charge in [0.25, 0.3) is 0 Å². The molecule has 1 saturated carbocycles. The molecule has 5 nitrogen and oxygen atoms in total. The molecule has 2 heterocycles. The molecule has 1 aliphatic carbocycles. The molecule has 2 fully saturated rings. The molecule has 1 unspecified atom stereocenters. The fourth-order valence-corrected chi connectivity index (χ4v) is 3.48. The van der Waals surface area contributed by atoms with Crippen LogP contribution >= 0.6 is 0 Å². The van der Waals surface area contributed by atoms with Gasteiger partial charge in [-0.15, -0.1) is 0 Å². The van der Waals surface area contributed by atoms with Crippen molar-refractivity contribution in [3.05, 3.63) is 24.2 Å². The van der Waals surface area contributed by atoms with Crippen molar-refractivity contribution >= 4 is 5.96 Å². The average Bonchev–Trinajstić information content (AvgIpc) is 3.24. The van der Waals surface area contributed by atoms with E-state index in [9.17, 15) is 0 Å². The molecule has 1 saturated heterocycles. The summed E-state index contributed by atoms with van der Waals surface area (Å²) in [5.74, 6) is 1.79. The van der Waals surface area contributed by atoms with Crippen LogP contribution in [-0.2, 0) is 6.54 Å². The maximum absolute atomic E-state index is 5.33. The quantitative estimate of drug-likeness (QED) is 0.657. The molecule has 1 aromatic heterocycles. The molecule has 0 bridgehead atoms. The zero-order valence-corrected chi connectivity index (χ0v) is 12.8. The summed E-state index contributed by atoms with van der Waals surface area (Å²) in [6.07, 6.45) is 8.50. The van der Waals surface area contributed by atoms with Gasteiger partial charge in [0.2, 0.25) is 0 Å². The van der Waals surface area contributed by atoms with Crippen molar-refractivity contribution in [1.82, 2.24) is 15.5 Å². The molecule has 5 heteroatoms. The summed E-state index contributed by atoms with van der Waals surface area (Å²) in [6, 6.07) is 5.21. The minimum absolute atomic E-state index is 0.508. The Balaban J connectivity index is 1.44. The van der Waals surface area contributed by atoms with Crippen molar-refractivity contribution in [2.45, 2.75) is 50.7 Å². The van der Waals surface area contributed by atoms with Crippen LogP contribution in [0.25, 0.3) is 0 Å². The number of guanidine groups is 1. The number of nitrogens with one attached hydrogen (secondary N) is 2. The van der Waals surface area contributed by atoms with Crippen molar-refractivity contribution in [1.29, 1.82) is 0 Å².